The fraction of sp³-hybridized carbons (Fsp3) is 0.222. The van der Waals surface area contributed by atoms with Crippen LogP contribution in [-0.2, 0) is 0 Å². The average molecular weight is 454 g/mol. The number of nitrogens with one attached hydrogen (secondary N) is 1. The number of rotatable bonds is 7. The summed E-state index contributed by atoms with van der Waals surface area (Å²) in [5, 5.41) is 4.01. The molecule has 0 spiro atoms. The Balaban J connectivity index is 2.12. The van der Waals surface area contributed by atoms with Gasteiger partial charge in [0.1, 0.15) is 5.75 Å². The largest absolute Gasteiger partial charge is 0.497 e. The molecule has 0 aliphatic rings. The Bertz CT molecular complexity index is 778. The molecule has 1 amide bonds. The normalized spacial score (nSPS) is 10.6. The maximum atomic E-state index is 12.1. The van der Waals surface area contributed by atoms with Gasteiger partial charge < -0.3 is 14.2 Å². The third kappa shape index (κ3) is 5.09. The summed E-state index contributed by atoms with van der Waals surface area (Å²) in [6.07, 6.45) is 1.56. The number of nitrogens with zero attached hydrogens (tertiary/aromatic N) is 1. The van der Waals surface area contributed by atoms with E-state index < -0.39 is 0 Å². The second-order valence-corrected chi connectivity index (χ2v) is 6.06. The molecule has 2 aromatic carbocycles. The predicted molar refractivity (Wildman–Crippen MR) is 105 cm³/mol. The van der Waals surface area contributed by atoms with Crippen LogP contribution in [0.2, 0.25) is 0 Å². The van der Waals surface area contributed by atoms with Crippen LogP contribution >= 0.6 is 22.6 Å². The van der Waals surface area contributed by atoms with E-state index in [0.29, 0.717) is 29.4 Å². The molecule has 0 saturated carbocycles. The van der Waals surface area contributed by atoms with Crippen molar-refractivity contribution in [3.05, 3.63) is 51.1 Å². The van der Waals surface area contributed by atoms with E-state index in [4.69, 9.17) is 14.2 Å². The first-order chi connectivity index (χ1) is 12.1. The quantitative estimate of drug-likeness (QED) is 0.395. The first-order valence-electron chi connectivity index (χ1n) is 7.56. The van der Waals surface area contributed by atoms with Crippen LogP contribution in [-0.4, -0.2) is 32.9 Å². The van der Waals surface area contributed by atoms with E-state index in [9.17, 15) is 4.79 Å². The van der Waals surface area contributed by atoms with Crippen LogP contribution < -0.4 is 19.6 Å². The number of hydrazone groups is 1. The van der Waals surface area contributed by atoms with Gasteiger partial charge in [-0.25, -0.2) is 5.43 Å². The highest BCUT2D eigenvalue weighted by Crippen LogP contribution is 2.33. The molecule has 0 radical (unpaired) electrons. The topological polar surface area (TPSA) is 69.2 Å². The molecule has 0 fully saturated rings. The first-order valence-corrected chi connectivity index (χ1v) is 8.64. The third-order valence-electron chi connectivity index (χ3n) is 3.25. The molecule has 25 heavy (non-hydrogen) atoms. The number of halogens is 1. The Morgan fingerprint density at radius 1 is 1.24 bits per heavy atom. The average Bonchev–Trinajstić information content (AvgIpc) is 2.62. The second-order valence-electron chi connectivity index (χ2n) is 4.90. The lowest BCUT2D eigenvalue weighted by molar-refractivity contribution is 0.0955. The van der Waals surface area contributed by atoms with Crippen LogP contribution in [0.25, 0.3) is 0 Å². The summed E-state index contributed by atoms with van der Waals surface area (Å²) in [6, 6.07) is 10.6. The van der Waals surface area contributed by atoms with Gasteiger partial charge in [-0.05, 0) is 65.4 Å². The number of amides is 1. The van der Waals surface area contributed by atoms with Crippen molar-refractivity contribution >= 4 is 34.7 Å². The standard InChI is InChI=1S/C18H19IN2O4/c1-4-25-16-9-12(8-15(19)17(16)24-3)11-20-21-18(22)13-6-5-7-14(10-13)23-2/h5-11H,4H2,1-3H3,(H,21,22)/b20-11+. The molecule has 7 heteroatoms. The van der Waals surface area contributed by atoms with Crippen molar-refractivity contribution in [2.75, 3.05) is 20.8 Å². The van der Waals surface area contributed by atoms with Gasteiger partial charge in [-0.3, -0.25) is 4.79 Å². The van der Waals surface area contributed by atoms with Crippen LogP contribution in [0.15, 0.2) is 41.5 Å². The van der Waals surface area contributed by atoms with Crippen LogP contribution in [0.5, 0.6) is 17.2 Å². The summed E-state index contributed by atoms with van der Waals surface area (Å²) in [5.41, 5.74) is 3.76. The number of ether oxygens (including phenoxy) is 3. The van der Waals surface area contributed by atoms with Gasteiger partial charge in [-0.15, -0.1) is 0 Å². The molecule has 0 aliphatic heterocycles. The van der Waals surface area contributed by atoms with Crippen LogP contribution in [0.4, 0.5) is 0 Å². The number of hydrogen-bond donors (Lipinski definition) is 1. The fourth-order valence-corrected chi connectivity index (χ4v) is 2.96. The number of methoxy groups -OCH3 is 2. The Labute approximate surface area is 160 Å². The van der Waals surface area contributed by atoms with Crippen molar-refractivity contribution in [3.8, 4) is 17.2 Å². The molecule has 0 atom stereocenters. The minimum absolute atomic E-state index is 0.316. The number of carbonyl (C=O) groups is 1. The smallest absolute Gasteiger partial charge is 0.271 e. The second kappa shape index (κ2) is 9.26. The molecule has 0 unspecified atom stereocenters. The third-order valence-corrected chi connectivity index (χ3v) is 4.05. The van der Waals surface area contributed by atoms with E-state index in [1.165, 1.54) is 0 Å². The SMILES string of the molecule is CCOc1cc(/C=N/NC(=O)c2cccc(OC)c2)cc(I)c1OC. The first kappa shape index (κ1) is 19.0. The van der Waals surface area contributed by atoms with E-state index in [1.807, 2.05) is 19.1 Å². The molecular formula is C18H19IN2O4. The molecule has 2 rings (SSSR count). The molecule has 0 aliphatic carbocycles. The van der Waals surface area contributed by atoms with E-state index in [-0.39, 0.29) is 5.91 Å². The van der Waals surface area contributed by atoms with Gasteiger partial charge in [0, 0.05) is 5.56 Å². The summed E-state index contributed by atoms with van der Waals surface area (Å²) >= 11 is 2.17. The Morgan fingerprint density at radius 2 is 2.04 bits per heavy atom. The van der Waals surface area contributed by atoms with Gasteiger partial charge in [-0.1, -0.05) is 6.07 Å². The van der Waals surface area contributed by atoms with Gasteiger partial charge >= 0.3 is 0 Å². The van der Waals surface area contributed by atoms with E-state index >= 15 is 0 Å². The maximum Gasteiger partial charge on any atom is 0.271 e. The Hall–Kier alpha value is -2.29. The summed E-state index contributed by atoms with van der Waals surface area (Å²) in [4.78, 5) is 12.1. The van der Waals surface area contributed by atoms with Crippen molar-refractivity contribution in [2.24, 2.45) is 5.10 Å². The minimum atomic E-state index is -0.316. The van der Waals surface area contributed by atoms with Crippen LogP contribution in [0.3, 0.4) is 0 Å². The zero-order valence-electron chi connectivity index (χ0n) is 14.2. The Morgan fingerprint density at radius 3 is 2.72 bits per heavy atom. The molecule has 0 saturated heterocycles. The summed E-state index contributed by atoms with van der Waals surface area (Å²) < 4.78 is 16.9. The van der Waals surface area contributed by atoms with Crippen LogP contribution in [0, 0.1) is 3.57 Å². The molecular weight excluding hydrogens is 435 g/mol. The monoisotopic (exact) mass is 454 g/mol. The molecule has 6 nitrogen and oxygen atoms in total. The molecule has 0 aromatic heterocycles. The highest BCUT2D eigenvalue weighted by Gasteiger charge is 2.10. The lowest BCUT2D eigenvalue weighted by atomic mass is 10.2. The zero-order chi connectivity index (χ0) is 18.2. The van der Waals surface area contributed by atoms with Crippen LogP contribution in [0.1, 0.15) is 22.8 Å². The molecule has 1 N–H and O–H groups in total. The van der Waals surface area contributed by atoms with Crippen molar-refractivity contribution in [1.82, 2.24) is 5.43 Å². The summed E-state index contributed by atoms with van der Waals surface area (Å²) in [6.45, 7) is 2.43. The highest BCUT2D eigenvalue weighted by molar-refractivity contribution is 14.1. The molecule has 2 aromatic rings. The van der Waals surface area contributed by atoms with Crippen molar-refractivity contribution < 1.29 is 19.0 Å². The zero-order valence-corrected chi connectivity index (χ0v) is 16.4. The van der Waals surface area contributed by atoms with E-state index in [1.54, 1.807) is 44.7 Å². The van der Waals surface area contributed by atoms with Crippen molar-refractivity contribution in [1.29, 1.82) is 0 Å². The van der Waals surface area contributed by atoms with E-state index in [2.05, 4.69) is 33.1 Å². The van der Waals surface area contributed by atoms with E-state index in [0.717, 1.165) is 9.13 Å². The van der Waals surface area contributed by atoms with Crippen molar-refractivity contribution in [2.45, 2.75) is 6.92 Å². The number of carbonyl (C=O) groups excluding carboxylic acids is 1. The number of hydrogen-bond acceptors (Lipinski definition) is 5. The maximum absolute atomic E-state index is 12.1. The molecule has 0 bridgehead atoms. The van der Waals surface area contributed by atoms with Gasteiger partial charge in [-0.2, -0.15) is 5.10 Å². The highest BCUT2D eigenvalue weighted by atomic mass is 127. The molecule has 0 heterocycles. The van der Waals surface area contributed by atoms with Gasteiger partial charge in [0.2, 0.25) is 0 Å². The summed E-state index contributed by atoms with van der Waals surface area (Å²) in [7, 11) is 3.15. The predicted octanol–water partition coefficient (Wildman–Crippen LogP) is 3.47. The van der Waals surface area contributed by atoms with Gasteiger partial charge in [0.15, 0.2) is 11.5 Å². The number of benzene rings is 2. The minimum Gasteiger partial charge on any atom is -0.497 e. The lowest BCUT2D eigenvalue weighted by Crippen LogP contribution is -2.17. The van der Waals surface area contributed by atoms with Gasteiger partial charge in [0.25, 0.3) is 5.91 Å². The molecule has 132 valence electrons. The van der Waals surface area contributed by atoms with Crippen molar-refractivity contribution in [3.63, 3.8) is 0 Å². The Kier molecular flexibility index (Phi) is 7.05. The fourth-order valence-electron chi connectivity index (χ4n) is 2.12. The lowest BCUT2D eigenvalue weighted by Gasteiger charge is -2.11. The van der Waals surface area contributed by atoms with Gasteiger partial charge in [0.05, 0.1) is 30.6 Å². The summed E-state index contributed by atoms with van der Waals surface area (Å²) in [5.74, 6) is 1.61.